The highest BCUT2D eigenvalue weighted by molar-refractivity contribution is 14.1. The first-order valence-electron chi connectivity index (χ1n) is 10.1. The van der Waals surface area contributed by atoms with Gasteiger partial charge < -0.3 is 4.74 Å². The molecule has 4 atom stereocenters. The summed E-state index contributed by atoms with van der Waals surface area (Å²) in [5.74, 6) is 0.422. The minimum atomic E-state index is -0.220. The fourth-order valence-electron chi connectivity index (χ4n) is 4.80. The predicted molar refractivity (Wildman–Crippen MR) is 122 cm³/mol. The molecule has 3 aliphatic rings. The second kappa shape index (κ2) is 7.65. The number of aryl methyl sites for hydroxylation is 1. The largest absolute Gasteiger partial charge is 0.488 e. The molecule has 6 heteroatoms. The second-order valence-electron chi connectivity index (χ2n) is 8.20. The molecule has 0 unspecified atom stereocenters. The fraction of sp³-hybridized carbons (Fsp3) is 0.292. The number of hydrazone groups is 1. The number of ether oxygens (including phenoxy) is 1. The molecule has 5 nitrogen and oxygen atoms in total. The Bertz CT molecular complexity index is 1060. The van der Waals surface area contributed by atoms with Gasteiger partial charge >= 0.3 is 0 Å². The SMILES string of the molecule is Cc1cccc(COc2ccc(C=NN3C(=O)[C@@H]4[C@H](C3=O)[C@H]3C=C[C@H]4C3)cc2I)c1. The Morgan fingerprint density at radius 3 is 2.50 bits per heavy atom. The van der Waals surface area contributed by atoms with Gasteiger partial charge in [-0.05, 0) is 77.1 Å². The summed E-state index contributed by atoms with van der Waals surface area (Å²) in [6.45, 7) is 2.56. The lowest BCUT2D eigenvalue weighted by Gasteiger charge is -2.13. The van der Waals surface area contributed by atoms with E-state index >= 15 is 0 Å². The van der Waals surface area contributed by atoms with Gasteiger partial charge in [0.2, 0.25) is 0 Å². The Morgan fingerprint density at radius 1 is 1.10 bits per heavy atom. The molecule has 1 aliphatic heterocycles. The van der Waals surface area contributed by atoms with E-state index in [2.05, 4.69) is 58.9 Å². The Balaban J connectivity index is 1.27. The minimum absolute atomic E-state index is 0.161. The first-order valence-corrected chi connectivity index (χ1v) is 11.2. The van der Waals surface area contributed by atoms with Crippen LogP contribution in [-0.4, -0.2) is 23.0 Å². The molecule has 2 aliphatic carbocycles. The number of rotatable bonds is 5. The highest BCUT2D eigenvalue weighted by Gasteiger charge is 2.59. The van der Waals surface area contributed by atoms with E-state index in [0.717, 1.165) is 31.9 Å². The summed E-state index contributed by atoms with van der Waals surface area (Å²) in [4.78, 5) is 25.4. The average Bonchev–Trinajstić information content (AvgIpc) is 3.40. The van der Waals surface area contributed by atoms with Crippen LogP contribution in [0.2, 0.25) is 0 Å². The number of nitrogens with zero attached hydrogens (tertiary/aromatic N) is 2. The summed E-state index contributed by atoms with van der Waals surface area (Å²) in [6.07, 6.45) is 6.68. The molecule has 0 aromatic heterocycles. The Morgan fingerprint density at radius 2 is 1.83 bits per heavy atom. The van der Waals surface area contributed by atoms with Crippen molar-refractivity contribution in [1.82, 2.24) is 5.01 Å². The van der Waals surface area contributed by atoms with Crippen LogP contribution in [-0.2, 0) is 16.2 Å². The highest BCUT2D eigenvalue weighted by Crippen LogP contribution is 2.52. The van der Waals surface area contributed by atoms with Crippen LogP contribution in [0, 0.1) is 34.2 Å². The van der Waals surface area contributed by atoms with Gasteiger partial charge in [-0.3, -0.25) is 9.59 Å². The van der Waals surface area contributed by atoms with Gasteiger partial charge in [0.1, 0.15) is 12.4 Å². The quantitative estimate of drug-likeness (QED) is 0.260. The zero-order valence-corrected chi connectivity index (χ0v) is 18.7. The van der Waals surface area contributed by atoms with Crippen LogP contribution in [0.4, 0.5) is 0 Å². The summed E-state index contributed by atoms with van der Waals surface area (Å²) in [5, 5.41) is 5.33. The van der Waals surface area contributed by atoms with Gasteiger partial charge in [-0.2, -0.15) is 10.1 Å². The van der Waals surface area contributed by atoms with Crippen molar-refractivity contribution >= 4 is 40.6 Å². The fourth-order valence-corrected chi connectivity index (χ4v) is 5.50. The number of allylic oxidation sites excluding steroid dienone is 2. The molecule has 2 amide bonds. The summed E-state index contributed by atoms with van der Waals surface area (Å²) in [5.41, 5.74) is 3.15. The lowest BCUT2D eigenvalue weighted by molar-refractivity contribution is -0.140. The maximum absolute atomic E-state index is 12.7. The second-order valence-corrected chi connectivity index (χ2v) is 9.36. The summed E-state index contributed by atoms with van der Waals surface area (Å²) in [7, 11) is 0. The van der Waals surface area contributed by atoms with Crippen molar-refractivity contribution in [2.24, 2.45) is 28.8 Å². The molecule has 1 heterocycles. The van der Waals surface area contributed by atoms with Gasteiger partial charge in [-0.1, -0.05) is 42.0 Å². The van der Waals surface area contributed by atoms with E-state index in [1.807, 2.05) is 30.3 Å². The number of amides is 2. The Kier molecular flexibility index (Phi) is 4.97. The standard InChI is InChI=1S/C24H21IN2O3/c1-14-3-2-4-16(9-14)13-30-20-8-5-15(10-19(20)25)12-26-27-23(28)21-17-6-7-18(11-17)22(21)24(27)29/h2-10,12,17-18,21-22H,11,13H2,1H3/t17-,18-,21-,22+/m0/s1. The molecule has 2 aromatic rings. The normalized spacial score (nSPS) is 26.8. The van der Waals surface area contributed by atoms with E-state index in [4.69, 9.17) is 4.74 Å². The van der Waals surface area contributed by atoms with Gasteiger partial charge in [0.25, 0.3) is 11.8 Å². The maximum atomic E-state index is 12.7. The van der Waals surface area contributed by atoms with Gasteiger partial charge in [-0.15, -0.1) is 0 Å². The lowest BCUT2D eigenvalue weighted by atomic mass is 9.85. The van der Waals surface area contributed by atoms with Crippen LogP contribution in [0.3, 0.4) is 0 Å². The number of carbonyl (C=O) groups excluding carboxylic acids is 2. The third-order valence-electron chi connectivity index (χ3n) is 6.20. The molecule has 2 bridgehead atoms. The van der Waals surface area contributed by atoms with Crippen LogP contribution in [0.5, 0.6) is 5.75 Å². The molecule has 1 saturated carbocycles. The molecule has 0 N–H and O–H groups in total. The Labute approximate surface area is 188 Å². The van der Waals surface area contributed by atoms with Crippen LogP contribution >= 0.6 is 22.6 Å². The molecular weight excluding hydrogens is 491 g/mol. The summed E-state index contributed by atoms with van der Waals surface area (Å²) >= 11 is 2.22. The summed E-state index contributed by atoms with van der Waals surface area (Å²) < 4.78 is 6.89. The van der Waals surface area contributed by atoms with Crippen molar-refractivity contribution in [2.45, 2.75) is 20.0 Å². The van der Waals surface area contributed by atoms with Crippen molar-refractivity contribution in [2.75, 3.05) is 0 Å². The molecule has 0 spiro atoms. The van der Waals surface area contributed by atoms with Crippen molar-refractivity contribution < 1.29 is 14.3 Å². The molecule has 0 radical (unpaired) electrons. The molecule has 5 rings (SSSR count). The molecular formula is C24H21IN2O3. The zero-order valence-electron chi connectivity index (χ0n) is 16.5. The monoisotopic (exact) mass is 512 g/mol. The van der Waals surface area contributed by atoms with Crippen LogP contribution < -0.4 is 4.74 Å². The van der Waals surface area contributed by atoms with Crippen molar-refractivity contribution in [3.8, 4) is 5.75 Å². The van der Waals surface area contributed by atoms with Gasteiger partial charge in [0.05, 0.1) is 21.6 Å². The first-order chi connectivity index (χ1) is 14.5. The molecule has 30 heavy (non-hydrogen) atoms. The molecule has 1 saturated heterocycles. The predicted octanol–water partition coefficient (Wildman–Crippen LogP) is 4.32. The number of hydrogen-bond donors (Lipinski definition) is 0. The first kappa shape index (κ1) is 19.5. The molecule has 2 fully saturated rings. The number of fused-ring (bicyclic) bond motifs is 5. The highest BCUT2D eigenvalue weighted by atomic mass is 127. The van der Waals surface area contributed by atoms with Gasteiger partial charge in [0, 0.05) is 0 Å². The van der Waals surface area contributed by atoms with Crippen LogP contribution in [0.25, 0.3) is 0 Å². The van der Waals surface area contributed by atoms with Crippen LogP contribution in [0.1, 0.15) is 23.1 Å². The third-order valence-corrected chi connectivity index (χ3v) is 7.05. The minimum Gasteiger partial charge on any atom is -0.488 e. The lowest BCUT2D eigenvalue weighted by Crippen LogP contribution is -2.28. The van der Waals surface area contributed by atoms with E-state index in [0.29, 0.717) is 6.61 Å². The van der Waals surface area contributed by atoms with E-state index < -0.39 is 0 Å². The third kappa shape index (κ3) is 3.37. The van der Waals surface area contributed by atoms with E-state index in [9.17, 15) is 9.59 Å². The number of imide groups is 1. The number of halogens is 1. The smallest absolute Gasteiger partial charge is 0.254 e. The number of hydrogen-bond acceptors (Lipinski definition) is 4. The van der Waals surface area contributed by atoms with E-state index in [1.165, 1.54) is 5.56 Å². The number of benzene rings is 2. The van der Waals surface area contributed by atoms with Crippen molar-refractivity contribution in [3.05, 3.63) is 74.9 Å². The van der Waals surface area contributed by atoms with Crippen molar-refractivity contribution in [3.63, 3.8) is 0 Å². The van der Waals surface area contributed by atoms with Crippen LogP contribution in [0.15, 0.2) is 59.7 Å². The Hall–Kier alpha value is -2.48. The molecule has 2 aromatic carbocycles. The van der Waals surface area contributed by atoms with E-state index in [1.54, 1.807) is 6.21 Å². The van der Waals surface area contributed by atoms with Crippen molar-refractivity contribution in [1.29, 1.82) is 0 Å². The van der Waals surface area contributed by atoms with Gasteiger partial charge in [-0.25, -0.2) is 0 Å². The average molecular weight is 512 g/mol. The summed E-state index contributed by atoms with van der Waals surface area (Å²) in [6, 6.07) is 13.9. The van der Waals surface area contributed by atoms with E-state index in [-0.39, 0.29) is 35.5 Å². The number of carbonyl (C=O) groups is 2. The zero-order chi connectivity index (χ0) is 20.8. The molecule has 152 valence electrons. The van der Waals surface area contributed by atoms with Gasteiger partial charge in [0.15, 0.2) is 0 Å². The topological polar surface area (TPSA) is 59.0 Å². The maximum Gasteiger partial charge on any atom is 0.254 e.